The number of carbonyl (C=O) groups is 1. The van der Waals surface area contributed by atoms with Crippen LogP contribution in [0.25, 0.3) is 10.9 Å². The molecule has 180 valence electrons. The first-order valence-corrected chi connectivity index (χ1v) is 11.7. The number of aliphatic hydroxyl groups excluding tert-OH is 1. The van der Waals surface area contributed by atoms with Crippen molar-refractivity contribution in [3.63, 3.8) is 0 Å². The first kappa shape index (κ1) is 24.6. The molecule has 0 radical (unpaired) electrons. The number of hydrogen-bond donors (Lipinski definition) is 4. The third kappa shape index (κ3) is 6.55. The molecule has 4 N–H and O–H groups in total. The second-order valence-electron chi connectivity index (χ2n) is 8.29. The van der Waals surface area contributed by atoms with E-state index in [1.165, 1.54) is 12.1 Å². The van der Waals surface area contributed by atoms with Crippen molar-refractivity contribution in [2.45, 2.75) is 37.5 Å². The summed E-state index contributed by atoms with van der Waals surface area (Å²) in [6.45, 7) is 0.369. The number of aliphatic hydroxyl groups is 1. The van der Waals surface area contributed by atoms with Crippen LogP contribution in [-0.2, 0) is 0 Å². The quantitative estimate of drug-likeness (QED) is 0.329. The lowest BCUT2D eigenvalue weighted by molar-refractivity contribution is 0.0920. The summed E-state index contributed by atoms with van der Waals surface area (Å²) in [5.74, 6) is -0.560. The number of hydrazine groups is 1. The minimum absolute atomic E-state index is 0.0223. The zero-order valence-electron chi connectivity index (χ0n) is 18.2. The maximum Gasteiger partial charge on any atom is 0.283 e. The molecule has 7 nitrogen and oxygen atoms in total. The van der Waals surface area contributed by atoms with E-state index < -0.39 is 11.9 Å². The van der Waals surface area contributed by atoms with Crippen LogP contribution in [0.1, 0.15) is 29.8 Å². The number of aromatic nitrogens is 1. The highest BCUT2D eigenvalue weighted by Gasteiger charge is 2.25. The van der Waals surface area contributed by atoms with Gasteiger partial charge in [0.15, 0.2) is 0 Å². The standard InChI is InChI=1S/C24H25Cl2FN4O3/c25-15-2-8-22-14(9-15)1-7-23(29-22)24(33)31-30-17-4-3-16(10-17)28-12-18(32)13-34-19-5-6-20(26)21(27)11-19/h1-2,5-9,11,16-18,28,30,32H,3-4,10,12-13H2,(H,31,33). The van der Waals surface area contributed by atoms with Crippen LogP contribution in [0.15, 0.2) is 48.5 Å². The van der Waals surface area contributed by atoms with Gasteiger partial charge in [0.25, 0.3) is 5.91 Å². The predicted octanol–water partition coefficient (Wildman–Crippen LogP) is 3.87. The molecule has 3 aromatic rings. The van der Waals surface area contributed by atoms with Crippen molar-refractivity contribution >= 4 is 40.0 Å². The van der Waals surface area contributed by atoms with Crippen LogP contribution >= 0.6 is 23.2 Å². The minimum atomic E-state index is -0.751. The van der Waals surface area contributed by atoms with E-state index >= 15 is 0 Å². The molecule has 1 aliphatic rings. The maximum atomic E-state index is 13.5. The van der Waals surface area contributed by atoms with Crippen LogP contribution in [0.3, 0.4) is 0 Å². The van der Waals surface area contributed by atoms with Crippen molar-refractivity contribution in [2.24, 2.45) is 0 Å². The number of nitrogens with one attached hydrogen (secondary N) is 3. The van der Waals surface area contributed by atoms with Gasteiger partial charge in [-0.25, -0.2) is 14.8 Å². The number of fused-ring (bicyclic) bond motifs is 1. The fourth-order valence-corrected chi connectivity index (χ4v) is 4.17. The van der Waals surface area contributed by atoms with Crippen LogP contribution in [0.2, 0.25) is 10.0 Å². The molecule has 0 aliphatic heterocycles. The fourth-order valence-electron chi connectivity index (χ4n) is 3.87. The van der Waals surface area contributed by atoms with Crippen molar-refractivity contribution in [1.82, 2.24) is 21.2 Å². The Kier molecular flexibility index (Phi) is 8.18. The van der Waals surface area contributed by atoms with Crippen LogP contribution < -0.4 is 20.9 Å². The number of carbonyl (C=O) groups excluding carboxylic acids is 1. The number of pyridine rings is 1. The molecule has 1 fully saturated rings. The molecule has 2 aromatic carbocycles. The van der Waals surface area contributed by atoms with Gasteiger partial charge in [0.05, 0.1) is 10.5 Å². The number of hydrogen-bond acceptors (Lipinski definition) is 6. The Labute approximate surface area is 206 Å². The lowest BCUT2D eigenvalue weighted by Crippen LogP contribution is -2.44. The molecular formula is C24H25Cl2FN4O3. The van der Waals surface area contributed by atoms with Crippen molar-refractivity contribution in [3.8, 4) is 5.75 Å². The van der Waals surface area contributed by atoms with E-state index in [9.17, 15) is 14.3 Å². The molecule has 0 bridgehead atoms. The number of rotatable bonds is 9. The van der Waals surface area contributed by atoms with Gasteiger partial charge in [-0.3, -0.25) is 10.2 Å². The molecule has 1 heterocycles. The molecule has 3 atom stereocenters. The summed E-state index contributed by atoms with van der Waals surface area (Å²) in [5, 5.41) is 15.0. The molecule has 1 saturated carbocycles. The molecule has 1 amide bonds. The van der Waals surface area contributed by atoms with Crippen LogP contribution in [0, 0.1) is 5.82 Å². The van der Waals surface area contributed by atoms with Crippen LogP contribution in [0.5, 0.6) is 5.75 Å². The Bertz CT molecular complexity index is 1170. The molecule has 3 unspecified atom stereocenters. The van der Waals surface area contributed by atoms with E-state index in [2.05, 4.69) is 21.2 Å². The van der Waals surface area contributed by atoms with Crippen molar-refractivity contribution in [3.05, 3.63) is 70.1 Å². The monoisotopic (exact) mass is 506 g/mol. The van der Waals surface area contributed by atoms with Crippen molar-refractivity contribution < 1.29 is 19.0 Å². The van der Waals surface area contributed by atoms with Crippen molar-refractivity contribution in [2.75, 3.05) is 13.2 Å². The average Bonchev–Trinajstić information content (AvgIpc) is 3.29. The summed E-state index contributed by atoms with van der Waals surface area (Å²) in [6.07, 6.45) is 1.82. The summed E-state index contributed by atoms with van der Waals surface area (Å²) >= 11 is 11.6. The predicted molar refractivity (Wildman–Crippen MR) is 130 cm³/mol. The maximum absolute atomic E-state index is 13.5. The van der Waals surface area contributed by atoms with Gasteiger partial charge in [-0.2, -0.15) is 0 Å². The van der Waals surface area contributed by atoms with Gasteiger partial charge in [-0.15, -0.1) is 0 Å². The lowest BCUT2D eigenvalue weighted by atomic mass is 10.2. The van der Waals surface area contributed by atoms with Crippen LogP contribution in [-0.4, -0.2) is 47.3 Å². The molecule has 1 aromatic heterocycles. The number of halogens is 3. The smallest absolute Gasteiger partial charge is 0.283 e. The summed E-state index contributed by atoms with van der Waals surface area (Å²) in [5.41, 5.74) is 6.83. The summed E-state index contributed by atoms with van der Waals surface area (Å²) in [6, 6.07) is 13.2. The summed E-state index contributed by atoms with van der Waals surface area (Å²) in [4.78, 5) is 16.9. The third-order valence-corrected chi connectivity index (χ3v) is 6.22. The third-order valence-electron chi connectivity index (χ3n) is 5.68. The second-order valence-corrected chi connectivity index (χ2v) is 9.13. The Hall–Kier alpha value is -2.49. The van der Waals surface area contributed by atoms with Gasteiger partial charge in [-0.1, -0.05) is 29.3 Å². The Morgan fingerprint density at radius 2 is 1.97 bits per heavy atom. The fraction of sp³-hybridized carbons (Fsp3) is 0.333. The van der Waals surface area contributed by atoms with Crippen LogP contribution in [0.4, 0.5) is 4.39 Å². The van der Waals surface area contributed by atoms with Gasteiger partial charge in [0, 0.05) is 35.1 Å². The Morgan fingerprint density at radius 3 is 2.79 bits per heavy atom. The Balaban J connectivity index is 1.17. The van der Waals surface area contributed by atoms with Gasteiger partial charge in [-0.05, 0) is 55.7 Å². The number of amides is 1. The van der Waals surface area contributed by atoms with E-state index in [1.54, 1.807) is 30.3 Å². The van der Waals surface area contributed by atoms with E-state index in [-0.39, 0.29) is 29.6 Å². The highest BCUT2D eigenvalue weighted by Crippen LogP contribution is 2.21. The highest BCUT2D eigenvalue weighted by atomic mass is 35.5. The largest absolute Gasteiger partial charge is 0.491 e. The first-order chi connectivity index (χ1) is 16.4. The van der Waals surface area contributed by atoms with Gasteiger partial charge < -0.3 is 15.2 Å². The molecule has 0 spiro atoms. The highest BCUT2D eigenvalue weighted by molar-refractivity contribution is 6.31. The van der Waals surface area contributed by atoms with Gasteiger partial charge >= 0.3 is 0 Å². The molecule has 10 heteroatoms. The number of benzene rings is 2. The molecule has 1 aliphatic carbocycles. The van der Waals surface area contributed by atoms with Gasteiger partial charge in [0.1, 0.15) is 30.0 Å². The van der Waals surface area contributed by atoms with E-state index in [0.717, 1.165) is 24.6 Å². The molecular weight excluding hydrogens is 482 g/mol. The van der Waals surface area contributed by atoms with E-state index in [4.69, 9.17) is 27.9 Å². The normalized spacial score (nSPS) is 18.7. The van der Waals surface area contributed by atoms with E-state index in [1.807, 2.05) is 6.07 Å². The molecule has 0 saturated heterocycles. The summed E-state index contributed by atoms with van der Waals surface area (Å²) in [7, 11) is 0. The zero-order chi connectivity index (χ0) is 24.1. The van der Waals surface area contributed by atoms with E-state index in [0.29, 0.717) is 28.5 Å². The average molecular weight is 507 g/mol. The molecule has 34 heavy (non-hydrogen) atoms. The lowest BCUT2D eigenvalue weighted by Gasteiger charge is -2.18. The summed E-state index contributed by atoms with van der Waals surface area (Å²) < 4.78 is 18.9. The van der Waals surface area contributed by atoms with Gasteiger partial charge in [0.2, 0.25) is 0 Å². The number of ether oxygens (including phenoxy) is 1. The molecule has 4 rings (SSSR count). The SMILES string of the molecule is O=C(NNC1CCC(NCC(O)COc2ccc(Cl)c(F)c2)C1)c1ccc2cc(Cl)ccc2n1. The zero-order valence-corrected chi connectivity index (χ0v) is 19.7. The topological polar surface area (TPSA) is 95.5 Å². The van der Waals surface area contributed by atoms with Crippen molar-refractivity contribution in [1.29, 1.82) is 0 Å². The first-order valence-electron chi connectivity index (χ1n) is 11.0. The minimum Gasteiger partial charge on any atom is -0.491 e. The second kappa shape index (κ2) is 11.3. The Morgan fingerprint density at radius 1 is 1.15 bits per heavy atom. The number of nitrogens with zero attached hydrogens (tertiary/aromatic N) is 1.